The minimum Gasteiger partial charge on any atom is -0.298 e. The van der Waals surface area contributed by atoms with E-state index < -0.39 is 10.0 Å². The van der Waals surface area contributed by atoms with Crippen LogP contribution in [-0.2, 0) is 14.8 Å². The molecule has 0 aliphatic heterocycles. The number of rotatable bonds is 6. The summed E-state index contributed by atoms with van der Waals surface area (Å²) in [7, 11) is -3.77. The number of thiazole rings is 1. The molecule has 1 aromatic heterocycles. The number of ketones is 1. The lowest BCUT2D eigenvalue weighted by Gasteiger charge is -2.20. The number of benzene rings is 1. The van der Waals surface area contributed by atoms with Crippen LogP contribution in [0, 0.1) is 0 Å². The molecule has 0 fully saturated rings. The van der Waals surface area contributed by atoms with Crippen molar-refractivity contribution >= 4 is 32.3 Å². The quantitative estimate of drug-likeness (QED) is 0.821. The van der Waals surface area contributed by atoms with Crippen LogP contribution in [0.5, 0.6) is 0 Å². The highest BCUT2D eigenvalue weighted by atomic mass is 32.2. The maximum atomic E-state index is 12.6. The summed E-state index contributed by atoms with van der Waals surface area (Å²) in [5.74, 6) is -0.153. The van der Waals surface area contributed by atoms with Gasteiger partial charge >= 0.3 is 0 Å². The predicted molar refractivity (Wildman–Crippen MR) is 78.4 cm³/mol. The normalized spacial score (nSPS) is 11.2. The van der Waals surface area contributed by atoms with Gasteiger partial charge in [-0.25, -0.2) is 17.7 Å². The molecule has 0 aliphatic carbocycles. The van der Waals surface area contributed by atoms with Gasteiger partial charge in [0.2, 0.25) is 0 Å². The van der Waals surface area contributed by atoms with Crippen LogP contribution >= 0.6 is 11.3 Å². The maximum absolute atomic E-state index is 12.6. The Morgan fingerprint density at radius 2 is 2.00 bits per heavy atom. The number of sulfonamides is 1. The van der Waals surface area contributed by atoms with Crippen LogP contribution in [0.3, 0.4) is 0 Å². The van der Waals surface area contributed by atoms with Gasteiger partial charge in [-0.3, -0.25) is 4.79 Å². The molecule has 0 aliphatic rings. The first kappa shape index (κ1) is 14.7. The predicted octanol–water partition coefficient (Wildman–Crippen LogP) is 2.32. The highest BCUT2D eigenvalue weighted by Crippen LogP contribution is 2.25. The van der Waals surface area contributed by atoms with Crippen molar-refractivity contribution in [2.24, 2.45) is 0 Å². The molecule has 5 nitrogen and oxygen atoms in total. The van der Waals surface area contributed by atoms with E-state index in [0.29, 0.717) is 5.13 Å². The molecule has 2 aromatic rings. The molecule has 2 rings (SSSR count). The van der Waals surface area contributed by atoms with Crippen molar-refractivity contribution in [1.29, 1.82) is 0 Å². The Morgan fingerprint density at radius 1 is 1.30 bits per heavy atom. The third kappa shape index (κ3) is 3.05. The zero-order chi connectivity index (χ0) is 14.6. The van der Waals surface area contributed by atoms with E-state index in [2.05, 4.69) is 4.98 Å². The summed E-state index contributed by atoms with van der Waals surface area (Å²) in [6.07, 6.45) is 1.80. The van der Waals surface area contributed by atoms with Gasteiger partial charge in [0.25, 0.3) is 10.0 Å². The number of hydrogen-bond acceptors (Lipinski definition) is 5. The lowest BCUT2D eigenvalue weighted by molar-refractivity contribution is -0.117. The van der Waals surface area contributed by atoms with E-state index in [1.165, 1.54) is 29.7 Å². The van der Waals surface area contributed by atoms with Gasteiger partial charge in [-0.1, -0.05) is 25.1 Å². The minimum absolute atomic E-state index is 0.152. The summed E-state index contributed by atoms with van der Waals surface area (Å²) in [6.45, 7) is 1.51. The summed E-state index contributed by atoms with van der Waals surface area (Å²) in [6, 6.07) is 8.05. The molecule has 20 heavy (non-hydrogen) atoms. The van der Waals surface area contributed by atoms with Gasteiger partial charge in [-0.05, 0) is 12.1 Å². The van der Waals surface area contributed by atoms with Crippen molar-refractivity contribution in [2.75, 3.05) is 10.8 Å². The van der Waals surface area contributed by atoms with Crippen LogP contribution in [0.15, 0.2) is 46.8 Å². The third-order valence-corrected chi connectivity index (χ3v) is 5.34. The number of carbonyl (C=O) groups excluding carboxylic acids is 1. The van der Waals surface area contributed by atoms with E-state index in [1.54, 1.807) is 30.5 Å². The number of carbonyl (C=O) groups is 1. The van der Waals surface area contributed by atoms with Crippen LogP contribution in [0.4, 0.5) is 5.13 Å². The maximum Gasteiger partial charge on any atom is 0.266 e. The van der Waals surface area contributed by atoms with E-state index in [-0.39, 0.29) is 23.6 Å². The summed E-state index contributed by atoms with van der Waals surface area (Å²) >= 11 is 1.19. The van der Waals surface area contributed by atoms with Gasteiger partial charge < -0.3 is 0 Å². The number of hydrogen-bond donors (Lipinski definition) is 0. The van der Waals surface area contributed by atoms with Gasteiger partial charge in [0.15, 0.2) is 10.9 Å². The molecule has 0 N–H and O–H groups in total. The van der Waals surface area contributed by atoms with Crippen molar-refractivity contribution in [3.63, 3.8) is 0 Å². The standard InChI is InChI=1S/C13H14N2O3S2/c1-2-11(16)10-15(13-14-8-9-19-13)20(17,18)12-6-4-3-5-7-12/h3-9H,2,10H2,1H3. The monoisotopic (exact) mass is 310 g/mol. The fraction of sp³-hybridized carbons (Fsp3) is 0.231. The van der Waals surface area contributed by atoms with E-state index in [1.807, 2.05) is 0 Å². The van der Waals surface area contributed by atoms with Crippen LogP contribution in [0.2, 0.25) is 0 Å². The molecule has 0 spiro atoms. The SMILES string of the molecule is CCC(=O)CN(c1nccs1)S(=O)(=O)c1ccccc1. The second-order valence-electron chi connectivity index (χ2n) is 4.03. The van der Waals surface area contributed by atoms with Crippen LogP contribution in [0.1, 0.15) is 13.3 Å². The highest BCUT2D eigenvalue weighted by Gasteiger charge is 2.28. The largest absolute Gasteiger partial charge is 0.298 e. The van der Waals surface area contributed by atoms with Gasteiger partial charge in [-0.15, -0.1) is 11.3 Å². The molecular formula is C13H14N2O3S2. The fourth-order valence-electron chi connectivity index (χ4n) is 1.59. The van der Waals surface area contributed by atoms with E-state index in [4.69, 9.17) is 0 Å². The summed E-state index contributed by atoms with van der Waals surface area (Å²) in [5, 5.41) is 1.98. The molecule has 1 heterocycles. The van der Waals surface area contributed by atoms with Crippen molar-refractivity contribution in [2.45, 2.75) is 18.2 Å². The molecule has 0 amide bonds. The molecule has 0 saturated carbocycles. The Labute approximate surface area is 121 Å². The molecule has 106 valence electrons. The number of nitrogens with zero attached hydrogens (tertiary/aromatic N) is 2. The van der Waals surface area contributed by atoms with Gasteiger partial charge in [0.05, 0.1) is 11.4 Å². The summed E-state index contributed by atoms with van der Waals surface area (Å²) < 4.78 is 26.3. The number of anilines is 1. The van der Waals surface area contributed by atoms with Crippen LogP contribution in [0.25, 0.3) is 0 Å². The number of Topliss-reactive ketones (excluding diaryl/α,β-unsaturated/α-hetero) is 1. The lowest BCUT2D eigenvalue weighted by atomic mass is 10.3. The first-order chi connectivity index (χ1) is 9.55. The minimum atomic E-state index is -3.77. The van der Waals surface area contributed by atoms with Gasteiger partial charge in [-0.2, -0.15) is 0 Å². The Bertz CT molecular complexity index is 667. The fourth-order valence-corrected chi connectivity index (χ4v) is 3.88. The summed E-state index contributed by atoms with van der Waals surface area (Å²) in [4.78, 5) is 15.8. The second kappa shape index (κ2) is 6.15. The molecule has 7 heteroatoms. The van der Waals surface area contributed by atoms with Gasteiger partial charge in [0, 0.05) is 18.0 Å². The Morgan fingerprint density at radius 3 is 2.55 bits per heavy atom. The average molecular weight is 310 g/mol. The Kier molecular flexibility index (Phi) is 4.51. The first-order valence-electron chi connectivity index (χ1n) is 6.04. The molecule has 0 unspecified atom stereocenters. The summed E-state index contributed by atoms with van der Waals surface area (Å²) in [5.41, 5.74) is 0. The highest BCUT2D eigenvalue weighted by molar-refractivity contribution is 7.93. The van der Waals surface area contributed by atoms with Crippen molar-refractivity contribution in [3.05, 3.63) is 41.9 Å². The zero-order valence-electron chi connectivity index (χ0n) is 10.9. The van der Waals surface area contributed by atoms with Crippen LogP contribution in [-0.4, -0.2) is 25.7 Å². The average Bonchev–Trinajstić information content (AvgIpc) is 2.99. The van der Waals surface area contributed by atoms with E-state index in [0.717, 1.165) is 4.31 Å². The smallest absolute Gasteiger partial charge is 0.266 e. The first-order valence-corrected chi connectivity index (χ1v) is 8.36. The molecule has 0 bridgehead atoms. The zero-order valence-corrected chi connectivity index (χ0v) is 12.5. The third-order valence-electron chi connectivity index (χ3n) is 2.68. The molecule has 0 atom stereocenters. The van der Waals surface area contributed by atoms with Crippen molar-refractivity contribution < 1.29 is 13.2 Å². The number of aromatic nitrogens is 1. The lowest BCUT2D eigenvalue weighted by Crippen LogP contribution is -2.35. The van der Waals surface area contributed by atoms with Crippen molar-refractivity contribution in [1.82, 2.24) is 4.98 Å². The topological polar surface area (TPSA) is 67.3 Å². The Hall–Kier alpha value is -1.73. The van der Waals surface area contributed by atoms with E-state index in [9.17, 15) is 13.2 Å². The molecule has 1 aromatic carbocycles. The van der Waals surface area contributed by atoms with Gasteiger partial charge in [0.1, 0.15) is 0 Å². The molecule has 0 radical (unpaired) electrons. The molecule has 0 saturated heterocycles. The van der Waals surface area contributed by atoms with E-state index >= 15 is 0 Å². The van der Waals surface area contributed by atoms with Crippen molar-refractivity contribution in [3.8, 4) is 0 Å². The molecular weight excluding hydrogens is 296 g/mol. The second-order valence-corrected chi connectivity index (χ2v) is 6.77. The van der Waals surface area contributed by atoms with Crippen LogP contribution < -0.4 is 4.31 Å². The Balaban J connectivity index is 2.43.